The Morgan fingerprint density at radius 1 is 1.08 bits per heavy atom. The minimum absolute atomic E-state index is 0.0399. The average Bonchev–Trinajstić information content (AvgIpc) is 2.99. The lowest BCUT2D eigenvalue weighted by Crippen LogP contribution is -2.31. The highest BCUT2D eigenvalue weighted by Crippen LogP contribution is 2.20. The molecule has 1 aromatic carbocycles. The topological polar surface area (TPSA) is 51.5 Å². The number of likely N-dealkylation sites (tertiary alicyclic amines) is 1. The third kappa shape index (κ3) is 3.76. The second-order valence-electron chi connectivity index (χ2n) is 6.89. The number of hydrogen-bond acceptors (Lipinski definition) is 3. The highest BCUT2D eigenvalue weighted by molar-refractivity contribution is 5.94. The van der Waals surface area contributed by atoms with Crippen molar-refractivity contribution in [2.24, 2.45) is 7.05 Å². The van der Waals surface area contributed by atoms with Gasteiger partial charge >= 0.3 is 0 Å². The lowest BCUT2D eigenvalue weighted by atomic mass is 10.1. The second kappa shape index (κ2) is 6.75. The molecule has 2 aromatic rings. The summed E-state index contributed by atoms with van der Waals surface area (Å²) in [7, 11) is 1.74. The van der Waals surface area contributed by atoms with Gasteiger partial charge in [0.2, 0.25) is 0 Å². The van der Waals surface area contributed by atoms with Crippen LogP contribution in [0.15, 0.2) is 35.1 Å². The zero-order valence-electron chi connectivity index (χ0n) is 15.2. The van der Waals surface area contributed by atoms with Crippen molar-refractivity contribution in [2.45, 2.75) is 33.3 Å². The number of pyridine rings is 1. The van der Waals surface area contributed by atoms with Crippen molar-refractivity contribution in [3.63, 3.8) is 0 Å². The fraction of sp³-hybridized carbons (Fsp3) is 0.400. The molecular formula is C20H24N2O3. The van der Waals surface area contributed by atoms with Crippen molar-refractivity contribution in [3.05, 3.63) is 63.1 Å². The van der Waals surface area contributed by atoms with Crippen molar-refractivity contribution < 1.29 is 9.53 Å². The van der Waals surface area contributed by atoms with Crippen LogP contribution < -0.4 is 10.3 Å². The Bertz CT molecular complexity index is 849. The van der Waals surface area contributed by atoms with Crippen LogP contribution in [0.1, 0.15) is 33.6 Å². The molecule has 1 atom stereocenters. The largest absolute Gasteiger partial charge is 0.488 e. The molecule has 1 aliphatic heterocycles. The molecule has 2 heterocycles. The van der Waals surface area contributed by atoms with E-state index in [0.717, 1.165) is 28.8 Å². The monoisotopic (exact) mass is 340 g/mol. The van der Waals surface area contributed by atoms with E-state index in [9.17, 15) is 9.59 Å². The van der Waals surface area contributed by atoms with E-state index in [1.165, 1.54) is 6.07 Å². The Hall–Kier alpha value is -2.56. The van der Waals surface area contributed by atoms with Crippen molar-refractivity contribution in [2.75, 3.05) is 13.1 Å². The first-order valence-corrected chi connectivity index (χ1v) is 8.55. The number of nitrogens with zero attached hydrogens (tertiary/aromatic N) is 2. The van der Waals surface area contributed by atoms with E-state index in [4.69, 9.17) is 4.74 Å². The molecule has 0 saturated carbocycles. The number of aryl methyl sites for hydroxylation is 3. The molecule has 1 amide bonds. The van der Waals surface area contributed by atoms with Gasteiger partial charge in [-0.3, -0.25) is 9.59 Å². The Morgan fingerprint density at radius 3 is 2.40 bits per heavy atom. The zero-order valence-corrected chi connectivity index (χ0v) is 15.2. The van der Waals surface area contributed by atoms with Gasteiger partial charge in [0.15, 0.2) is 0 Å². The Balaban J connectivity index is 1.69. The average molecular weight is 340 g/mol. The number of aromatic nitrogens is 1. The summed E-state index contributed by atoms with van der Waals surface area (Å²) < 4.78 is 7.53. The summed E-state index contributed by atoms with van der Waals surface area (Å²) in [4.78, 5) is 26.4. The van der Waals surface area contributed by atoms with Gasteiger partial charge in [0, 0.05) is 37.3 Å². The summed E-state index contributed by atoms with van der Waals surface area (Å²) in [6.45, 7) is 7.08. The van der Waals surface area contributed by atoms with Crippen LogP contribution in [-0.2, 0) is 7.05 Å². The highest BCUT2D eigenvalue weighted by Gasteiger charge is 2.28. The molecule has 5 nitrogen and oxygen atoms in total. The van der Waals surface area contributed by atoms with Crippen LogP contribution >= 0.6 is 0 Å². The maximum absolute atomic E-state index is 12.7. The molecule has 5 heteroatoms. The Labute approximate surface area is 147 Å². The van der Waals surface area contributed by atoms with Gasteiger partial charge in [-0.2, -0.15) is 0 Å². The number of carbonyl (C=O) groups excluding carboxylic acids is 1. The van der Waals surface area contributed by atoms with Crippen LogP contribution in [0.5, 0.6) is 5.75 Å². The minimum atomic E-state index is -0.0869. The minimum Gasteiger partial charge on any atom is -0.488 e. The Morgan fingerprint density at radius 2 is 1.76 bits per heavy atom. The lowest BCUT2D eigenvalue weighted by Gasteiger charge is -2.18. The molecular weight excluding hydrogens is 316 g/mol. The molecule has 0 N–H and O–H groups in total. The van der Waals surface area contributed by atoms with Crippen LogP contribution in [0, 0.1) is 20.8 Å². The maximum Gasteiger partial charge on any atom is 0.254 e. The van der Waals surface area contributed by atoms with Crippen molar-refractivity contribution in [1.82, 2.24) is 9.47 Å². The summed E-state index contributed by atoms with van der Waals surface area (Å²) in [5.41, 5.74) is 3.67. The first-order valence-electron chi connectivity index (χ1n) is 8.55. The van der Waals surface area contributed by atoms with Gasteiger partial charge in [0.05, 0.1) is 6.54 Å². The predicted octanol–water partition coefficient (Wildman–Crippen LogP) is 2.60. The number of rotatable bonds is 3. The van der Waals surface area contributed by atoms with E-state index >= 15 is 0 Å². The molecule has 1 aliphatic rings. The molecule has 1 saturated heterocycles. The van der Waals surface area contributed by atoms with Crippen molar-refractivity contribution in [1.29, 1.82) is 0 Å². The van der Waals surface area contributed by atoms with Gasteiger partial charge in [0.1, 0.15) is 11.9 Å². The third-order valence-electron chi connectivity index (χ3n) is 4.68. The van der Waals surface area contributed by atoms with Gasteiger partial charge in [-0.05, 0) is 39.0 Å². The molecule has 0 radical (unpaired) electrons. The summed E-state index contributed by atoms with van der Waals surface area (Å²) >= 11 is 0. The van der Waals surface area contributed by atoms with Crippen LogP contribution in [-0.4, -0.2) is 34.6 Å². The molecule has 1 aromatic heterocycles. The molecule has 0 aliphatic carbocycles. The normalized spacial score (nSPS) is 17.0. The van der Waals surface area contributed by atoms with Crippen LogP contribution in [0.3, 0.4) is 0 Å². The summed E-state index contributed by atoms with van der Waals surface area (Å²) in [6.07, 6.45) is 0.687. The smallest absolute Gasteiger partial charge is 0.254 e. The van der Waals surface area contributed by atoms with Crippen molar-refractivity contribution in [3.8, 4) is 5.75 Å². The first kappa shape index (κ1) is 17.3. The van der Waals surface area contributed by atoms with Gasteiger partial charge in [-0.1, -0.05) is 17.2 Å². The fourth-order valence-electron chi connectivity index (χ4n) is 3.29. The number of carbonyl (C=O) groups is 1. The van der Waals surface area contributed by atoms with Crippen LogP contribution in [0.25, 0.3) is 0 Å². The summed E-state index contributed by atoms with van der Waals surface area (Å²) in [5.74, 6) is 0.615. The van der Waals surface area contributed by atoms with Gasteiger partial charge in [0.25, 0.3) is 11.5 Å². The number of hydrogen-bond donors (Lipinski definition) is 0. The maximum atomic E-state index is 12.7. The number of amides is 1. The van der Waals surface area contributed by atoms with E-state index < -0.39 is 0 Å². The van der Waals surface area contributed by atoms with Crippen molar-refractivity contribution >= 4 is 5.91 Å². The lowest BCUT2D eigenvalue weighted by molar-refractivity contribution is 0.0772. The molecule has 25 heavy (non-hydrogen) atoms. The first-order chi connectivity index (χ1) is 11.8. The number of benzene rings is 1. The van der Waals surface area contributed by atoms with E-state index in [1.807, 2.05) is 43.9 Å². The SMILES string of the molecule is Cc1cc(C)cc(C(=O)N2CCC(Oc3cc(C)n(C)c(=O)c3)C2)c1. The van der Waals surface area contributed by atoms with E-state index in [1.54, 1.807) is 11.6 Å². The summed E-state index contributed by atoms with van der Waals surface area (Å²) in [5, 5.41) is 0. The zero-order chi connectivity index (χ0) is 18.1. The van der Waals surface area contributed by atoms with E-state index in [0.29, 0.717) is 18.8 Å². The molecule has 1 unspecified atom stereocenters. The van der Waals surface area contributed by atoms with Gasteiger partial charge in [-0.15, -0.1) is 0 Å². The standard InChI is InChI=1S/C20H24N2O3/c1-13-7-14(2)9-16(8-13)20(24)22-6-5-17(12-22)25-18-10-15(3)21(4)19(23)11-18/h7-11,17H,5-6,12H2,1-4H3. The quantitative estimate of drug-likeness (QED) is 0.863. The van der Waals surface area contributed by atoms with Gasteiger partial charge in [-0.25, -0.2) is 0 Å². The number of ether oxygens (including phenoxy) is 1. The third-order valence-corrected chi connectivity index (χ3v) is 4.68. The molecule has 0 bridgehead atoms. The van der Waals surface area contributed by atoms with E-state index in [2.05, 4.69) is 6.07 Å². The summed E-state index contributed by atoms with van der Waals surface area (Å²) in [6, 6.07) is 9.27. The van der Waals surface area contributed by atoms with Gasteiger partial charge < -0.3 is 14.2 Å². The molecule has 3 rings (SSSR count). The Kier molecular flexibility index (Phi) is 4.66. The van der Waals surface area contributed by atoms with E-state index in [-0.39, 0.29) is 17.6 Å². The molecule has 1 fully saturated rings. The molecule has 0 spiro atoms. The predicted molar refractivity (Wildman–Crippen MR) is 97.3 cm³/mol. The van der Waals surface area contributed by atoms with Crippen LogP contribution in [0.2, 0.25) is 0 Å². The second-order valence-corrected chi connectivity index (χ2v) is 6.89. The fourth-order valence-corrected chi connectivity index (χ4v) is 3.29. The highest BCUT2D eigenvalue weighted by atomic mass is 16.5. The molecule has 132 valence electrons. The van der Waals surface area contributed by atoms with Crippen LogP contribution in [0.4, 0.5) is 0 Å².